The number of nitriles is 1. The van der Waals surface area contributed by atoms with Gasteiger partial charge in [-0.05, 0) is 62.9 Å². The molecule has 8 nitrogen and oxygen atoms in total. The maximum atomic E-state index is 14.3. The topological polar surface area (TPSA) is 92.1 Å². The van der Waals surface area contributed by atoms with Gasteiger partial charge in [0.1, 0.15) is 5.54 Å². The second-order valence-electron chi connectivity index (χ2n) is 8.72. The average molecular weight is 476 g/mol. The van der Waals surface area contributed by atoms with E-state index in [2.05, 4.69) is 6.07 Å². The van der Waals surface area contributed by atoms with E-state index >= 15 is 0 Å². The van der Waals surface area contributed by atoms with Crippen LogP contribution in [-0.4, -0.2) is 49.5 Å². The third kappa shape index (κ3) is 4.29. The maximum Gasteiger partial charge on any atom is 0.513 e. The van der Waals surface area contributed by atoms with Crippen LogP contribution in [0.2, 0.25) is 0 Å². The number of hydrogen-bond acceptors (Lipinski definition) is 7. The second-order valence-corrected chi connectivity index (χ2v) is 8.72. The molecule has 1 saturated heterocycles. The van der Waals surface area contributed by atoms with Gasteiger partial charge < -0.3 is 14.3 Å². The molecule has 0 aromatic heterocycles. The minimum Gasteiger partial charge on any atom is -0.434 e. The first-order valence-corrected chi connectivity index (χ1v) is 11.7. The fourth-order valence-electron chi connectivity index (χ4n) is 5.15. The lowest BCUT2D eigenvalue weighted by Gasteiger charge is -2.44. The third-order valence-corrected chi connectivity index (χ3v) is 6.61. The van der Waals surface area contributed by atoms with Gasteiger partial charge in [0, 0.05) is 24.3 Å². The van der Waals surface area contributed by atoms with E-state index in [1.165, 1.54) is 0 Å². The molecule has 8 heteroatoms. The molecule has 0 N–H and O–H groups in total. The first-order chi connectivity index (χ1) is 16.9. The van der Waals surface area contributed by atoms with Crippen molar-refractivity contribution in [3.63, 3.8) is 0 Å². The Morgan fingerprint density at radius 1 is 1.14 bits per heavy atom. The van der Waals surface area contributed by atoms with Crippen LogP contribution in [0.4, 0.5) is 10.5 Å². The number of hydrogen-bond donors (Lipinski definition) is 0. The SMILES string of the molecule is CCOC(=O)OC1=C(c2c(C)cc(C)cc2C#N)C(=O)N(c2ccccc2)C12CCN(OC)CC2. The van der Waals surface area contributed by atoms with Crippen molar-refractivity contribution in [2.45, 2.75) is 39.2 Å². The van der Waals surface area contributed by atoms with E-state index in [-0.39, 0.29) is 23.8 Å². The Morgan fingerprint density at radius 3 is 2.43 bits per heavy atom. The molecule has 0 bridgehead atoms. The number of carbonyl (C=O) groups excluding carboxylic acids is 2. The van der Waals surface area contributed by atoms with E-state index in [0.717, 1.165) is 11.1 Å². The van der Waals surface area contributed by atoms with Gasteiger partial charge in [0.15, 0.2) is 5.76 Å². The zero-order valence-electron chi connectivity index (χ0n) is 20.5. The first-order valence-electron chi connectivity index (χ1n) is 11.7. The van der Waals surface area contributed by atoms with Crippen LogP contribution in [0.15, 0.2) is 48.2 Å². The second kappa shape index (κ2) is 9.90. The Morgan fingerprint density at radius 2 is 1.83 bits per heavy atom. The molecule has 0 atom stereocenters. The van der Waals surface area contributed by atoms with Crippen molar-refractivity contribution in [1.29, 1.82) is 5.26 Å². The number of ether oxygens (including phenoxy) is 2. The summed E-state index contributed by atoms with van der Waals surface area (Å²) in [6, 6.07) is 15.2. The molecule has 0 unspecified atom stereocenters. The largest absolute Gasteiger partial charge is 0.513 e. The molecule has 1 fully saturated rings. The van der Waals surface area contributed by atoms with Crippen LogP contribution in [0, 0.1) is 25.2 Å². The molecular weight excluding hydrogens is 446 g/mol. The smallest absolute Gasteiger partial charge is 0.434 e. The lowest BCUT2D eigenvalue weighted by Crippen LogP contribution is -2.55. The van der Waals surface area contributed by atoms with Crippen LogP contribution in [0.5, 0.6) is 0 Å². The summed E-state index contributed by atoms with van der Waals surface area (Å²) in [6.07, 6.45) is 0.0541. The van der Waals surface area contributed by atoms with Gasteiger partial charge in [-0.2, -0.15) is 10.3 Å². The molecule has 0 saturated carbocycles. The van der Waals surface area contributed by atoms with Crippen LogP contribution < -0.4 is 4.90 Å². The summed E-state index contributed by atoms with van der Waals surface area (Å²) in [5.74, 6) is -0.0890. The summed E-state index contributed by atoms with van der Waals surface area (Å²) < 4.78 is 11.0. The lowest BCUT2D eigenvalue weighted by atomic mass is 9.83. The number of rotatable bonds is 5. The van der Waals surface area contributed by atoms with E-state index in [1.54, 1.807) is 25.0 Å². The zero-order chi connectivity index (χ0) is 25.2. The zero-order valence-corrected chi connectivity index (χ0v) is 20.5. The highest BCUT2D eigenvalue weighted by Gasteiger charge is 2.56. The van der Waals surface area contributed by atoms with Crippen LogP contribution in [0.25, 0.3) is 5.57 Å². The summed E-state index contributed by atoms with van der Waals surface area (Å²) in [4.78, 5) is 34.1. The molecule has 0 radical (unpaired) electrons. The molecular formula is C27H29N3O5. The number of nitrogens with zero attached hydrogens (tertiary/aromatic N) is 3. The number of carbonyl (C=O) groups is 2. The van der Waals surface area contributed by atoms with Gasteiger partial charge in [0.25, 0.3) is 5.91 Å². The first kappa shape index (κ1) is 24.5. The minimum atomic E-state index is -0.945. The number of para-hydroxylation sites is 1. The predicted molar refractivity (Wildman–Crippen MR) is 130 cm³/mol. The Balaban J connectivity index is 2.00. The van der Waals surface area contributed by atoms with Gasteiger partial charge in [-0.15, -0.1) is 0 Å². The highest BCUT2D eigenvalue weighted by molar-refractivity contribution is 6.31. The molecule has 2 aromatic rings. The van der Waals surface area contributed by atoms with Crippen molar-refractivity contribution in [3.05, 3.63) is 70.5 Å². The monoisotopic (exact) mass is 475 g/mol. The lowest BCUT2D eigenvalue weighted by molar-refractivity contribution is -0.150. The number of amides is 1. The average Bonchev–Trinajstić information content (AvgIpc) is 3.06. The van der Waals surface area contributed by atoms with Crippen molar-refractivity contribution in [2.75, 3.05) is 31.7 Å². The number of benzene rings is 2. The van der Waals surface area contributed by atoms with E-state index in [1.807, 2.05) is 55.3 Å². The van der Waals surface area contributed by atoms with Gasteiger partial charge in [-0.3, -0.25) is 9.69 Å². The Labute approximate surface area is 205 Å². The van der Waals surface area contributed by atoms with Crippen LogP contribution in [0.3, 0.4) is 0 Å². The van der Waals surface area contributed by atoms with E-state index < -0.39 is 11.7 Å². The Bertz CT molecular complexity index is 1210. The van der Waals surface area contributed by atoms with Gasteiger partial charge in [-0.1, -0.05) is 24.3 Å². The van der Waals surface area contributed by atoms with Crippen LogP contribution in [-0.2, 0) is 19.1 Å². The standard InChI is InChI=1S/C27H29N3O5/c1-5-34-26(32)35-24-23(22-19(3)15-18(2)16-20(22)17-28)25(31)30(21-9-7-6-8-10-21)27(24)11-13-29(33-4)14-12-27/h6-10,15-16H,5,11-14H2,1-4H3. The molecule has 2 aliphatic heterocycles. The van der Waals surface area contributed by atoms with E-state index in [4.69, 9.17) is 14.3 Å². The van der Waals surface area contributed by atoms with Gasteiger partial charge >= 0.3 is 6.16 Å². The molecule has 1 amide bonds. The molecule has 2 aromatic carbocycles. The van der Waals surface area contributed by atoms with Crippen molar-refractivity contribution in [1.82, 2.24) is 5.06 Å². The molecule has 2 heterocycles. The summed E-state index contributed by atoms with van der Waals surface area (Å²) >= 11 is 0. The highest BCUT2D eigenvalue weighted by atomic mass is 16.7. The quantitative estimate of drug-likeness (QED) is 0.588. The molecule has 1 spiro atoms. The number of aryl methyl sites for hydroxylation is 2. The van der Waals surface area contributed by atoms with E-state index in [9.17, 15) is 14.9 Å². The van der Waals surface area contributed by atoms with Crippen molar-refractivity contribution >= 4 is 23.3 Å². The Hall–Kier alpha value is -3.67. The molecule has 2 aliphatic rings. The summed E-state index contributed by atoms with van der Waals surface area (Å²) in [5, 5.41) is 11.8. The number of anilines is 1. The van der Waals surface area contributed by atoms with Gasteiger partial charge in [0.05, 0.1) is 30.9 Å². The third-order valence-electron chi connectivity index (χ3n) is 6.61. The normalized spacial score (nSPS) is 17.6. The van der Waals surface area contributed by atoms with Gasteiger partial charge in [-0.25, -0.2) is 4.79 Å². The van der Waals surface area contributed by atoms with Gasteiger partial charge in [0.2, 0.25) is 0 Å². The molecule has 4 rings (SSSR count). The fourth-order valence-corrected chi connectivity index (χ4v) is 5.15. The highest BCUT2D eigenvalue weighted by Crippen LogP contribution is 2.50. The summed E-state index contributed by atoms with van der Waals surface area (Å²) in [5.41, 5.74) is 2.47. The maximum absolute atomic E-state index is 14.3. The Kier molecular flexibility index (Phi) is 6.92. The number of hydroxylamine groups is 2. The van der Waals surface area contributed by atoms with Crippen molar-refractivity contribution < 1.29 is 23.9 Å². The van der Waals surface area contributed by atoms with Crippen LogP contribution >= 0.6 is 0 Å². The molecule has 35 heavy (non-hydrogen) atoms. The minimum absolute atomic E-state index is 0.134. The fraction of sp³-hybridized carbons (Fsp3) is 0.370. The number of piperidine rings is 1. The van der Waals surface area contributed by atoms with Crippen molar-refractivity contribution in [3.8, 4) is 6.07 Å². The summed E-state index contributed by atoms with van der Waals surface area (Å²) in [6.45, 7) is 6.63. The molecule has 182 valence electrons. The predicted octanol–water partition coefficient (Wildman–Crippen LogP) is 4.50. The summed E-state index contributed by atoms with van der Waals surface area (Å²) in [7, 11) is 1.61. The molecule has 0 aliphatic carbocycles. The van der Waals surface area contributed by atoms with Crippen LogP contribution in [0.1, 0.15) is 42.0 Å². The van der Waals surface area contributed by atoms with E-state index in [0.29, 0.717) is 42.7 Å². The van der Waals surface area contributed by atoms with Crippen molar-refractivity contribution in [2.24, 2.45) is 0 Å².